The van der Waals surface area contributed by atoms with Gasteiger partial charge in [0.15, 0.2) is 0 Å². The van der Waals surface area contributed by atoms with E-state index in [4.69, 9.17) is 0 Å². The molecule has 2 aromatic rings. The fourth-order valence-corrected chi connectivity index (χ4v) is 4.41. The Balaban J connectivity index is 1.70. The molecule has 0 unspecified atom stereocenters. The van der Waals surface area contributed by atoms with Crippen LogP contribution in [-0.4, -0.2) is 32.3 Å². The lowest BCUT2D eigenvalue weighted by molar-refractivity contribution is -0.127. The summed E-state index contributed by atoms with van der Waals surface area (Å²) >= 11 is 0. The van der Waals surface area contributed by atoms with Gasteiger partial charge < -0.3 is 4.90 Å². The van der Waals surface area contributed by atoms with Crippen molar-refractivity contribution in [3.63, 3.8) is 0 Å². The summed E-state index contributed by atoms with van der Waals surface area (Å²) in [6.45, 7) is 5.28. The maximum Gasteiger partial charge on any atom is 0.261 e. The molecule has 0 bridgehead atoms. The molecule has 0 saturated carbocycles. The highest BCUT2D eigenvalue weighted by Gasteiger charge is 2.20. The summed E-state index contributed by atoms with van der Waals surface area (Å²) in [5.74, 6) is 0.210. The Kier molecular flexibility index (Phi) is 5.32. The van der Waals surface area contributed by atoms with Crippen LogP contribution in [0.15, 0.2) is 47.4 Å². The zero-order valence-electron chi connectivity index (χ0n) is 15.2. The van der Waals surface area contributed by atoms with Gasteiger partial charge in [-0.3, -0.25) is 9.52 Å². The molecule has 1 N–H and O–H groups in total. The van der Waals surface area contributed by atoms with Crippen LogP contribution in [0.1, 0.15) is 29.5 Å². The molecule has 2 aromatic carbocycles. The van der Waals surface area contributed by atoms with E-state index in [0.717, 1.165) is 36.1 Å². The van der Waals surface area contributed by atoms with Gasteiger partial charge in [-0.25, -0.2) is 8.42 Å². The van der Waals surface area contributed by atoms with Crippen LogP contribution in [0, 0.1) is 13.8 Å². The van der Waals surface area contributed by atoms with Gasteiger partial charge in [0.2, 0.25) is 5.91 Å². The maximum absolute atomic E-state index is 12.7. The second-order valence-corrected chi connectivity index (χ2v) is 8.43. The molecule has 6 heteroatoms. The van der Waals surface area contributed by atoms with Gasteiger partial charge in [0.25, 0.3) is 10.0 Å². The van der Waals surface area contributed by atoms with E-state index in [2.05, 4.69) is 4.72 Å². The maximum atomic E-state index is 12.7. The summed E-state index contributed by atoms with van der Waals surface area (Å²) in [5.41, 5.74) is 3.43. The fourth-order valence-electron chi connectivity index (χ4n) is 3.21. The van der Waals surface area contributed by atoms with Crippen LogP contribution in [0.4, 0.5) is 5.69 Å². The number of hydrogen-bond acceptors (Lipinski definition) is 3. The zero-order chi connectivity index (χ0) is 18.7. The highest BCUT2D eigenvalue weighted by Crippen LogP contribution is 2.23. The van der Waals surface area contributed by atoms with Crippen LogP contribution in [0.3, 0.4) is 0 Å². The molecule has 1 saturated heterocycles. The third-order valence-electron chi connectivity index (χ3n) is 4.79. The van der Waals surface area contributed by atoms with Crippen molar-refractivity contribution in [2.24, 2.45) is 0 Å². The fraction of sp³-hybridized carbons (Fsp3) is 0.350. The molecule has 0 radical (unpaired) electrons. The number of hydrogen-bond donors (Lipinski definition) is 1. The number of amides is 1. The zero-order valence-corrected chi connectivity index (χ0v) is 16.0. The Bertz CT molecular complexity index is 885. The molecule has 1 heterocycles. The van der Waals surface area contributed by atoms with Crippen LogP contribution >= 0.6 is 0 Å². The Hall–Kier alpha value is -2.34. The first kappa shape index (κ1) is 18.5. The molecule has 5 nitrogen and oxygen atoms in total. The van der Waals surface area contributed by atoms with Gasteiger partial charge in [-0.1, -0.05) is 30.3 Å². The van der Waals surface area contributed by atoms with Gasteiger partial charge in [-0.2, -0.15) is 0 Å². The number of likely N-dealkylation sites (tertiary alicyclic amines) is 1. The molecule has 3 rings (SSSR count). The van der Waals surface area contributed by atoms with Crippen LogP contribution in [0.5, 0.6) is 0 Å². The number of carbonyl (C=O) groups excluding carboxylic acids is 1. The Morgan fingerprint density at radius 3 is 2.27 bits per heavy atom. The number of nitrogens with zero attached hydrogens (tertiary/aromatic N) is 1. The van der Waals surface area contributed by atoms with Gasteiger partial charge in [0, 0.05) is 19.5 Å². The lowest BCUT2D eigenvalue weighted by atomic mass is 10.1. The van der Waals surface area contributed by atoms with Crippen LogP contribution in [0.2, 0.25) is 0 Å². The van der Waals surface area contributed by atoms with E-state index < -0.39 is 10.0 Å². The summed E-state index contributed by atoms with van der Waals surface area (Å²) in [4.78, 5) is 13.8. The number of carbonyl (C=O) groups is 1. The topological polar surface area (TPSA) is 66.5 Å². The summed E-state index contributed by atoms with van der Waals surface area (Å²) < 4.78 is 28.0. The Morgan fingerprint density at radius 2 is 1.69 bits per heavy atom. The van der Waals surface area contributed by atoms with Crippen LogP contribution in [0.25, 0.3) is 0 Å². The standard InChI is InChI=1S/C20H24N2O3S/c1-15-5-3-6-16(2)20(15)21-26(24,25)18-10-8-17(9-11-18)12-14-22-13-4-7-19(22)23/h3,5-6,8-11,21H,4,7,12-14H2,1-2H3. The predicted molar refractivity (Wildman–Crippen MR) is 103 cm³/mol. The molecule has 0 spiro atoms. The van der Waals surface area contributed by atoms with Crippen molar-refractivity contribution >= 4 is 21.6 Å². The smallest absolute Gasteiger partial charge is 0.261 e. The third-order valence-corrected chi connectivity index (χ3v) is 6.16. The SMILES string of the molecule is Cc1cccc(C)c1NS(=O)(=O)c1ccc(CCN2CCCC2=O)cc1. The van der Waals surface area contributed by atoms with Gasteiger partial charge in [-0.15, -0.1) is 0 Å². The lowest BCUT2D eigenvalue weighted by Gasteiger charge is -2.16. The number of anilines is 1. The monoisotopic (exact) mass is 372 g/mol. The van der Waals surface area contributed by atoms with Crippen LogP contribution < -0.4 is 4.72 Å². The minimum Gasteiger partial charge on any atom is -0.342 e. The number of rotatable bonds is 6. The third kappa shape index (κ3) is 4.07. The van der Waals surface area contributed by atoms with E-state index in [1.165, 1.54) is 0 Å². The van der Waals surface area contributed by atoms with Crippen molar-refractivity contribution in [1.29, 1.82) is 0 Å². The van der Waals surface area contributed by atoms with Gasteiger partial charge in [-0.05, 0) is 55.5 Å². The molecule has 0 atom stereocenters. The normalized spacial score (nSPS) is 14.7. The number of sulfonamides is 1. The average Bonchev–Trinajstić information content (AvgIpc) is 3.02. The van der Waals surface area contributed by atoms with Crippen molar-refractivity contribution in [3.8, 4) is 0 Å². The number of para-hydroxylation sites is 1. The second kappa shape index (κ2) is 7.50. The first-order valence-electron chi connectivity index (χ1n) is 8.82. The van der Waals surface area contributed by atoms with E-state index >= 15 is 0 Å². The van der Waals surface area contributed by atoms with Gasteiger partial charge >= 0.3 is 0 Å². The highest BCUT2D eigenvalue weighted by atomic mass is 32.2. The van der Waals surface area contributed by atoms with E-state index in [1.807, 2.05) is 49.1 Å². The molecule has 0 aromatic heterocycles. The quantitative estimate of drug-likeness (QED) is 0.846. The summed E-state index contributed by atoms with van der Waals surface area (Å²) in [6.07, 6.45) is 2.30. The van der Waals surface area contributed by atoms with E-state index in [9.17, 15) is 13.2 Å². The summed E-state index contributed by atoms with van der Waals surface area (Å²) in [7, 11) is -3.63. The average molecular weight is 372 g/mol. The largest absolute Gasteiger partial charge is 0.342 e. The molecule has 138 valence electrons. The van der Waals surface area contributed by atoms with E-state index in [-0.39, 0.29) is 10.8 Å². The molecular formula is C20H24N2O3S. The summed E-state index contributed by atoms with van der Waals surface area (Å²) in [6, 6.07) is 12.6. The van der Waals surface area contributed by atoms with Crippen LogP contribution in [-0.2, 0) is 21.2 Å². The molecule has 1 fully saturated rings. The number of benzene rings is 2. The van der Waals surface area contributed by atoms with E-state index in [0.29, 0.717) is 18.7 Å². The van der Waals surface area contributed by atoms with Crippen molar-refractivity contribution in [3.05, 3.63) is 59.2 Å². The minimum atomic E-state index is -3.63. The molecular weight excluding hydrogens is 348 g/mol. The molecule has 26 heavy (non-hydrogen) atoms. The lowest BCUT2D eigenvalue weighted by Crippen LogP contribution is -2.26. The Morgan fingerprint density at radius 1 is 1.04 bits per heavy atom. The van der Waals surface area contributed by atoms with Gasteiger partial charge in [0.05, 0.1) is 10.6 Å². The first-order valence-corrected chi connectivity index (χ1v) is 10.3. The minimum absolute atomic E-state index is 0.210. The van der Waals surface area contributed by atoms with Crippen molar-refractivity contribution in [2.75, 3.05) is 17.8 Å². The predicted octanol–water partition coefficient (Wildman–Crippen LogP) is 3.27. The highest BCUT2D eigenvalue weighted by molar-refractivity contribution is 7.92. The molecule has 1 aliphatic rings. The first-order chi connectivity index (χ1) is 12.4. The number of aryl methyl sites for hydroxylation is 2. The summed E-state index contributed by atoms with van der Waals surface area (Å²) in [5, 5.41) is 0. The Labute approximate surface area is 155 Å². The van der Waals surface area contributed by atoms with E-state index in [1.54, 1.807) is 12.1 Å². The van der Waals surface area contributed by atoms with Crippen molar-refractivity contribution in [2.45, 2.75) is 38.0 Å². The molecule has 1 amide bonds. The van der Waals surface area contributed by atoms with Crippen molar-refractivity contribution < 1.29 is 13.2 Å². The second-order valence-electron chi connectivity index (χ2n) is 6.75. The van der Waals surface area contributed by atoms with Gasteiger partial charge in [0.1, 0.15) is 0 Å². The molecule has 1 aliphatic heterocycles. The number of nitrogens with one attached hydrogen (secondary N) is 1. The molecule has 0 aliphatic carbocycles. The van der Waals surface area contributed by atoms with Crippen molar-refractivity contribution in [1.82, 2.24) is 4.90 Å².